The highest BCUT2D eigenvalue weighted by Crippen LogP contribution is 2.32. The van der Waals surface area contributed by atoms with Crippen LogP contribution in [0, 0.1) is 5.82 Å². The van der Waals surface area contributed by atoms with E-state index in [2.05, 4.69) is 25.5 Å². The van der Waals surface area contributed by atoms with Gasteiger partial charge >= 0.3 is 0 Å². The van der Waals surface area contributed by atoms with Crippen LogP contribution in [0.2, 0.25) is 5.02 Å². The van der Waals surface area contributed by atoms with Crippen LogP contribution in [0.25, 0.3) is 22.2 Å². The average Bonchev–Trinajstić information content (AvgIpc) is 3.36. The Bertz CT molecular complexity index is 1280. The molecule has 0 aliphatic carbocycles. The molecule has 140 valence electrons. The summed E-state index contributed by atoms with van der Waals surface area (Å²) in [5, 5.41) is 11.2. The van der Waals surface area contributed by atoms with Crippen molar-refractivity contribution in [2.24, 2.45) is 0 Å². The van der Waals surface area contributed by atoms with Crippen molar-refractivity contribution in [2.45, 2.75) is 19.4 Å². The van der Waals surface area contributed by atoms with E-state index in [9.17, 15) is 9.18 Å². The second kappa shape index (κ2) is 6.42. The molecule has 1 aliphatic heterocycles. The van der Waals surface area contributed by atoms with Crippen LogP contribution in [0.15, 0.2) is 41.6 Å². The zero-order valence-electron chi connectivity index (χ0n) is 14.5. The third-order valence-electron chi connectivity index (χ3n) is 4.92. The molecule has 0 fully saturated rings. The number of benzene rings is 1. The van der Waals surface area contributed by atoms with Crippen LogP contribution < -0.4 is 10.9 Å². The number of aromatic nitrogens is 5. The quantitative estimate of drug-likeness (QED) is 0.551. The molecule has 0 atom stereocenters. The van der Waals surface area contributed by atoms with Gasteiger partial charge in [-0.25, -0.2) is 14.4 Å². The van der Waals surface area contributed by atoms with Crippen molar-refractivity contribution in [3.63, 3.8) is 0 Å². The average molecular weight is 397 g/mol. The van der Waals surface area contributed by atoms with Gasteiger partial charge in [-0.1, -0.05) is 11.6 Å². The van der Waals surface area contributed by atoms with Gasteiger partial charge in [-0.3, -0.25) is 9.89 Å². The smallest absolute Gasteiger partial charge is 0.258 e. The molecular formula is C19H14ClFN6O. The summed E-state index contributed by atoms with van der Waals surface area (Å²) in [4.78, 5) is 21.4. The maximum Gasteiger partial charge on any atom is 0.258 e. The molecule has 5 rings (SSSR count). The van der Waals surface area contributed by atoms with Crippen molar-refractivity contribution in [2.75, 3.05) is 5.32 Å². The maximum atomic E-state index is 14.5. The Kier molecular flexibility index (Phi) is 3.87. The Morgan fingerprint density at radius 3 is 3.00 bits per heavy atom. The van der Waals surface area contributed by atoms with Crippen molar-refractivity contribution in [1.82, 2.24) is 24.7 Å². The monoisotopic (exact) mass is 396 g/mol. The predicted molar refractivity (Wildman–Crippen MR) is 104 cm³/mol. The summed E-state index contributed by atoms with van der Waals surface area (Å²) in [5.74, 6) is 0.0647. The minimum Gasteiger partial charge on any atom is -0.338 e. The van der Waals surface area contributed by atoms with Gasteiger partial charge in [0.15, 0.2) is 5.65 Å². The summed E-state index contributed by atoms with van der Waals surface area (Å²) >= 11 is 6.04. The predicted octanol–water partition coefficient (Wildman–Crippen LogP) is 3.66. The Labute approximate surface area is 163 Å². The van der Waals surface area contributed by atoms with E-state index < -0.39 is 5.82 Å². The molecule has 0 saturated heterocycles. The van der Waals surface area contributed by atoms with Gasteiger partial charge < -0.3 is 9.88 Å². The van der Waals surface area contributed by atoms with Crippen molar-refractivity contribution >= 4 is 34.1 Å². The number of nitrogens with zero attached hydrogens (tertiary/aromatic N) is 4. The highest BCUT2D eigenvalue weighted by atomic mass is 35.5. The van der Waals surface area contributed by atoms with E-state index in [-0.39, 0.29) is 16.7 Å². The normalized spacial score (nSPS) is 13.1. The molecule has 0 bridgehead atoms. The van der Waals surface area contributed by atoms with E-state index in [1.807, 2.05) is 0 Å². The van der Waals surface area contributed by atoms with Crippen molar-refractivity contribution in [1.29, 1.82) is 0 Å². The first-order chi connectivity index (χ1) is 13.6. The number of hydrogen-bond donors (Lipinski definition) is 2. The van der Waals surface area contributed by atoms with E-state index >= 15 is 0 Å². The van der Waals surface area contributed by atoms with Gasteiger partial charge in [-0.15, -0.1) is 0 Å². The van der Waals surface area contributed by atoms with Crippen LogP contribution in [0.5, 0.6) is 0 Å². The Balaban J connectivity index is 1.70. The van der Waals surface area contributed by atoms with Gasteiger partial charge in [0.1, 0.15) is 18.0 Å². The molecule has 7 nitrogen and oxygen atoms in total. The molecule has 9 heteroatoms. The van der Waals surface area contributed by atoms with Gasteiger partial charge in [-0.2, -0.15) is 5.10 Å². The number of H-pyrrole nitrogens is 1. The summed E-state index contributed by atoms with van der Waals surface area (Å²) in [7, 11) is 0. The fourth-order valence-corrected chi connectivity index (χ4v) is 3.78. The van der Waals surface area contributed by atoms with Gasteiger partial charge in [0.05, 0.1) is 22.8 Å². The minimum atomic E-state index is -0.495. The fourth-order valence-electron chi connectivity index (χ4n) is 3.61. The highest BCUT2D eigenvalue weighted by molar-refractivity contribution is 6.30. The Morgan fingerprint density at radius 1 is 1.21 bits per heavy atom. The summed E-state index contributed by atoms with van der Waals surface area (Å²) in [6, 6.07) is 5.86. The second-order valence-electron chi connectivity index (χ2n) is 6.58. The van der Waals surface area contributed by atoms with Crippen LogP contribution in [0.3, 0.4) is 0 Å². The maximum absolute atomic E-state index is 14.5. The molecule has 0 amide bonds. The molecule has 0 spiro atoms. The minimum absolute atomic E-state index is 0.180. The number of halogens is 2. The summed E-state index contributed by atoms with van der Waals surface area (Å²) < 4.78 is 16.1. The number of rotatable bonds is 3. The van der Waals surface area contributed by atoms with Crippen molar-refractivity contribution < 1.29 is 4.39 Å². The lowest BCUT2D eigenvalue weighted by molar-refractivity contribution is 0.630. The van der Waals surface area contributed by atoms with Gasteiger partial charge in [-0.05, 0) is 37.1 Å². The second-order valence-corrected chi connectivity index (χ2v) is 7.02. The fraction of sp³-hybridized carbons (Fsp3) is 0.158. The third kappa shape index (κ3) is 2.65. The molecular weight excluding hydrogens is 383 g/mol. The first kappa shape index (κ1) is 16.9. The van der Waals surface area contributed by atoms with Gasteiger partial charge in [0, 0.05) is 22.8 Å². The van der Waals surface area contributed by atoms with Crippen LogP contribution in [-0.2, 0) is 13.0 Å². The number of aromatic amines is 1. The van der Waals surface area contributed by atoms with Gasteiger partial charge in [0.25, 0.3) is 5.56 Å². The molecule has 0 radical (unpaired) electrons. The van der Waals surface area contributed by atoms with Gasteiger partial charge in [0.2, 0.25) is 0 Å². The standard InChI is InChI=1S/C19H14ClFN6O/c20-10-3-4-14(21)11(6-10)12-7-15(16-2-1-5-27(16)19(12)28)25-17-13-8-24-26-18(13)23-9-22-17/h3-4,6-9H,1-2,5H2,(H2,22,23,24,25,26). The number of fused-ring (bicyclic) bond motifs is 2. The third-order valence-corrected chi connectivity index (χ3v) is 5.15. The van der Waals surface area contributed by atoms with Crippen LogP contribution >= 0.6 is 11.6 Å². The Morgan fingerprint density at radius 2 is 2.11 bits per heavy atom. The van der Waals surface area contributed by atoms with E-state index in [1.165, 1.54) is 24.5 Å². The number of hydrogen-bond acceptors (Lipinski definition) is 5. The van der Waals surface area contributed by atoms with Crippen molar-refractivity contribution in [3.8, 4) is 11.1 Å². The zero-order chi connectivity index (χ0) is 19.3. The molecule has 4 heterocycles. The zero-order valence-corrected chi connectivity index (χ0v) is 15.3. The topological polar surface area (TPSA) is 88.5 Å². The lowest BCUT2D eigenvalue weighted by atomic mass is 10.0. The molecule has 3 aromatic heterocycles. The van der Waals surface area contributed by atoms with Crippen molar-refractivity contribution in [3.05, 3.63) is 63.7 Å². The SMILES string of the molecule is O=c1c(-c2cc(Cl)ccc2F)cc(Nc2ncnc3[nH]ncc23)c2n1CCC2. The lowest BCUT2D eigenvalue weighted by Gasteiger charge is -2.15. The number of anilines is 2. The molecule has 28 heavy (non-hydrogen) atoms. The first-order valence-electron chi connectivity index (χ1n) is 8.75. The highest BCUT2D eigenvalue weighted by Gasteiger charge is 2.22. The van der Waals surface area contributed by atoms with E-state index in [1.54, 1.807) is 16.8 Å². The van der Waals surface area contributed by atoms with Crippen LogP contribution in [0.4, 0.5) is 15.9 Å². The van der Waals surface area contributed by atoms with Crippen LogP contribution in [0.1, 0.15) is 12.1 Å². The van der Waals surface area contributed by atoms with E-state index in [4.69, 9.17) is 11.6 Å². The molecule has 4 aromatic rings. The summed E-state index contributed by atoms with van der Waals surface area (Å²) in [5.41, 5.74) is 2.38. The number of pyridine rings is 1. The summed E-state index contributed by atoms with van der Waals surface area (Å²) in [6.45, 7) is 0.587. The molecule has 1 aliphatic rings. The molecule has 2 N–H and O–H groups in total. The van der Waals surface area contributed by atoms with E-state index in [0.29, 0.717) is 28.7 Å². The summed E-state index contributed by atoms with van der Waals surface area (Å²) in [6.07, 6.45) is 4.64. The number of nitrogens with one attached hydrogen (secondary N) is 2. The molecule has 0 unspecified atom stereocenters. The largest absolute Gasteiger partial charge is 0.338 e. The molecule has 1 aromatic carbocycles. The van der Waals surface area contributed by atoms with E-state index in [0.717, 1.165) is 23.9 Å². The first-order valence-corrected chi connectivity index (χ1v) is 9.13. The molecule has 0 saturated carbocycles. The lowest BCUT2D eigenvalue weighted by Crippen LogP contribution is -2.22. The Hall–Kier alpha value is -3.26. The van der Waals surface area contributed by atoms with Crippen LogP contribution in [-0.4, -0.2) is 24.7 Å².